The van der Waals surface area contributed by atoms with Crippen molar-refractivity contribution in [3.05, 3.63) is 24.3 Å². The SMILES string of the molecule is C=C1C[C@@H]2C[C@@]3(O)C[C@H]4O[C@H]5[C@@H](O3)[C@H]3O[C@H](CC[C@@H]3O[C@H]5[C@H]4C)CC(=O)C[C@H]3[C@@H](C[C@H](C[C@H](O)CN)[C@@H]3OC)C[C@H]3O[C@@H](CC[C@@H]1O2)C[C@@H](C)C3=C. The van der Waals surface area contributed by atoms with Gasteiger partial charge in [0.2, 0.25) is 0 Å². The summed E-state index contributed by atoms with van der Waals surface area (Å²) in [6.07, 6.45) is 4.81. The van der Waals surface area contributed by atoms with Crippen molar-refractivity contribution in [2.45, 2.75) is 182 Å². The van der Waals surface area contributed by atoms with Gasteiger partial charge in [0.25, 0.3) is 0 Å². The van der Waals surface area contributed by atoms with Crippen molar-refractivity contribution >= 4 is 5.78 Å². The molecule has 0 aromatic heterocycles. The minimum absolute atomic E-state index is 0.0265. The third-order valence-electron chi connectivity index (χ3n) is 14.4. The summed E-state index contributed by atoms with van der Waals surface area (Å²) in [5.41, 5.74) is 8.03. The van der Waals surface area contributed by atoms with Crippen molar-refractivity contribution in [3.8, 4) is 0 Å². The maximum Gasteiger partial charge on any atom is 0.171 e. The molecule has 19 atom stereocenters. The first kappa shape index (κ1) is 37.7. The normalized spacial score (nSPS) is 51.6. The van der Waals surface area contributed by atoms with Gasteiger partial charge in [-0.05, 0) is 92.6 Å². The van der Waals surface area contributed by atoms with E-state index in [1.165, 1.54) is 0 Å². The van der Waals surface area contributed by atoms with Crippen molar-refractivity contribution < 1.29 is 48.2 Å². The van der Waals surface area contributed by atoms with E-state index in [0.29, 0.717) is 44.4 Å². The van der Waals surface area contributed by atoms with Crippen LogP contribution in [0, 0.1) is 29.6 Å². The molecule has 0 aromatic carbocycles. The molecule has 0 aromatic rings. The highest BCUT2D eigenvalue weighted by molar-refractivity contribution is 5.79. The Morgan fingerprint density at radius 1 is 0.846 bits per heavy atom. The number of Topliss-reactive ketones (excluding diaryl/α,β-unsaturated/α-hetero) is 1. The smallest absolute Gasteiger partial charge is 0.171 e. The third-order valence-corrected chi connectivity index (χ3v) is 14.4. The minimum atomic E-state index is -1.45. The molecule has 11 nitrogen and oxygen atoms in total. The molecule has 8 aliphatic rings. The molecule has 7 heterocycles. The Bertz CT molecular complexity index is 1340. The van der Waals surface area contributed by atoms with Gasteiger partial charge in [0.15, 0.2) is 5.79 Å². The molecule has 0 unspecified atom stereocenters. The number of aliphatic hydroxyl groups is 2. The summed E-state index contributed by atoms with van der Waals surface area (Å²) in [6, 6.07) is 0. The Morgan fingerprint density at radius 2 is 1.62 bits per heavy atom. The molecule has 11 heteroatoms. The van der Waals surface area contributed by atoms with Gasteiger partial charge in [0.1, 0.15) is 24.1 Å². The van der Waals surface area contributed by atoms with E-state index in [1.54, 1.807) is 7.11 Å². The number of aliphatic hydroxyl groups excluding tert-OH is 1. The monoisotopic (exact) mass is 729 g/mol. The fourth-order valence-electron chi connectivity index (χ4n) is 11.7. The number of rotatable bonds is 4. The lowest BCUT2D eigenvalue weighted by atomic mass is 9.79. The second-order valence-corrected chi connectivity index (χ2v) is 17.9. The molecule has 7 saturated heterocycles. The summed E-state index contributed by atoms with van der Waals surface area (Å²) in [5, 5.41) is 22.8. The number of hydrogen-bond donors (Lipinski definition) is 3. The number of nitrogens with two attached hydrogens (primary N) is 1. The molecular weight excluding hydrogens is 666 g/mol. The first-order valence-electron chi connectivity index (χ1n) is 20.4. The van der Waals surface area contributed by atoms with Crippen molar-refractivity contribution in [1.82, 2.24) is 0 Å². The minimum Gasteiger partial charge on any atom is -0.392 e. The quantitative estimate of drug-likeness (QED) is 0.359. The molecule has 292 valence electrons. The predicted octanol–water partition coefficient (Wildman–Crippen LogP) is 4.15. The number of carbonyl (C=O) groups excluding carboxylic acids is 1. The number of methoxy groups -OCH3 is 1. The van der Waals surface area contributed by atoms with Crippen molar-refractivity contribution in [2.24, 2.45) is 35.3 Å². The number of carbonyl (C=O) groups is 1. The first-order chi connectivity index (χ1) is 24.9. The van der Waals surface area contributed by atoms with Crippen LogP contribution in [0.4, 0.5) is 0 Å². The van der Waals surface area contributed by atoms with E-state index >= 15 is 0 Å². The lowest BCUT2D eigenvalue weighted by Gasteiger charge is -2.50. The van der Waals surface area contributed by atoms with Crippen LogP contribution in [0.3, 0.4) is 0 Å². The summed E-state index contributed by atoms with van der Waals surface area (Å²) in [6.45, 7) is 13.5. The van der Waals surface area contributed by atoms with Crippen LogP contribution in [0.25, 0.3) is 0 Å². The number of fused-ring (bicyclic) bond motifs is 8. The topological polar surface area (TPSA) is 148 Å². The fraction of sp³-hybridized carbons (Fsp3) is 0.878. The van der Waals surface area contributed by atoms with Crippen LogP contribution in [0.15, 0.2) is 24.3 Å². The Morgan fingerprint density at radius 3 is 2.40 bits per heavy atom. The van der Waals surface area contributed by atoms with Crippen molar-refractivity contribution in [3.63, 3.8) is 0 Å². The van der Waals surface area contributed by atoms with Crippen LogP contribution in [-0.4, -0.2) is 115 Å². The van der Waals surface area contributed by atoms with Crippen LogP contribution in [-0.2, 0) is 38.0 Å². The molecule has 8 rings (SSSR count). The van der Waals surface area contributed by atoms with E-state index in [0.717, 1.165) is 49.7 Å². The van der Waals surface area contributed by atoms with Gasteiger partial charge in [-0.2, -0.15) is 0 Å². The highest BCUT2D eigenvalue weighted by atomic mass is 16.7. The van der Waals surface area contributed by atoms with Crippen LogP contribution in [0.1, 0.15) is 97.3 Å². The Hall–Kier alpha value is -1.25. The zero-order valence-corrected chi connectivity index (χ0v) is 31.4. The predicted molar refractivity (Wildman–Crippen MR) is 191 cm³/mol. The van der Waals surface area contributed by atoms with E-state index in [1.807, 2.05) is 0 Å². The average Bonchev–Trinajstić information content (AvgIpc) is 3.68. The van der Waals surface area contributed by atoms with Crippen LogP contribution < -0.4 is 5.73 Å². The third kappa shape index (κ3) is 7.26. The summed E-state index contributed by atoms with van der Waals surface area (Å²) in [4.78, 5) is 14.1. The molecule has 8 fully saturated rings. The molecule has 0 amide bonds. The fourth-order valence-corrected chi connectivity index (χ4v) is 11.7. The van der Waals surface area contributed by atoms with E-state index < -0.39 is 24.1 Å². The molecule has 1 saturated carbocycles. The van der Waals surface area contributed by atoms with Gasteiger partial charge in [0, 0.05) is 45.3 Å². The Labute approximate surface area is 309 Å². The van der Waals surface area contributed by atoms with Crippen LogP contribution in [0.5, 0.6) is 0 Å². The highest BCUT2D eigenvalue weighted by Crippen LogP contribution is 2.51. The van der Waals surface area contributed by atoms with E-state index in [2.05, 4.69) is 27.0 Å². The van der Waals surface area contributed by atoms with Crippen molar-refractivity contribution in [1.29, 1.82) is 0 Å². The molecule has 52 heavy (non-hydrogen) atoms. The highest BCUT2D eigenvalue weighted by Gasteiger charge is 2.62. The van der Waals surface area contributed by atoms with E-state index in [9.17, 15) is 15.0 Å². The van der Waals surface area contributed by atoms with Gasteiger partial charge in [-0.3, -0.25) is 4.79 Å². The summed E-state index contributed by atoms with van der Waals surface area (Å²) in [5.74, 6) is -0.674. The number of ketones is 1. The van der Waals surface area contributed by atoms with E-state index in [4.69, 9.17) is 38.9 Å². The van der Waals surface area contributed by atoms with Crippen molar-refractivity contribution in [2.75, 3.05) is 13.7 Å². The lowest BCUT2D eigenvalue weighted by Crippen LogP contribution is -2.63. The summed E-state index contributed by atoms with van der Waals surface area (Å²) >= 11 is 0. The molecule has 1 aliphatic carbocycles. The average molecular weight is 730 g/mol. The van der Waals surface area contributed by atoms with Gasteiger partial charge >= 0.3 is 0 Å². The van der Waals surface area contributed by atoms with Gasteiger partial charge in [-0.15, -0.1) is 0 Å². The number of hydrogen-bond acceptors (Lipinski definition) is 11. The molecule has 10 bridgehead atoms. The molecule has 0 radical (unpaired) electrons. The Kier molecular flexibility index (Phi) is 10.9. The zero-order chi connectivity index (χ0) is 36.5. The maximum atomic E-state index is 14.1. The van der Waals surface area contributed by atoms with Gasteiger partial charge in [-0.25, -0.2) is 0 Å². The lowest BCUT2D eigenvalue weighted by molar-refractivity contribution is -0.320. The Balaban J connectivity index is 1.08. The molecule has 7 aliphatic heterocycles. The second-order valence-electron chi connectivity index (χ2n) is 17.9. The first-order valence-corrected chi connectivity index (χ1v) is 20.4. The van der Waals surface area contributed by atoms with Gasteiger partial charge in [0.05, 0.1) is 61.0 Å². The van der Waals surface area contributed by atoms with E-state index in [-0.39, 0.29) is 103 Å². The largest absolute Gasteiger partial charge is 0.392 e. The maximum absolute atomic E-state index is 14.1. The van der Waals surface area contributed by atoms with Gasteiger partial charge in [-0.1, -0.05) is 27.0 Å². The van der Waals surface area contributed by atoms with Crippen LogP contribution >= 0.6 is 0 Å². The standard InChI is InChI=1S/C41H63NO10/c1-20-10-28-6-8-32-21(2)11-30(48-32)17-41(45)18-35-23(4)36-39(51-35)40(52-41)38-33(50-36)9-7-29(49-38)15-26(43)16-31-24(14-34(47-28)22(20)3)12-25(37(31)46-5)13-27(44)19-42/h20,23-25,27-40,44-45H,2-3,6-19,42H2,1,4-5H3/t20-,23+,24+,25-,27+,28+,29-,30-,31+,32+,33+,34-,35-,36+,37+,38+,39-,40+,41+/m1/s1. The number of ether oxygens (including phenoxy) is 7. The summed E-state index contributed by atoms with van der Waals surface area (Å²) < 4.78 is 46.4. The molecule has 0 spiro atoms. The molecular formula is C41H63NO10. The van der Waals surface area contributed by atoms with Gasteiger partial charge < -0.3 is 49.1 Å². The zero-order valence-electron chi connectivity index (χ0n) is 31.4. The second kappa shape index (κ2) is 15.0. The summed E-state index contributed by atoms with van der Waals surface area (Å²) in [7, 11) is 1.72. The van der Waals surface area contributed by atoms with Crippen LogP contribution in [0.2, 0.25) is 0 Å². The molecule has 4 N–H and O–H groups in total.